The van der Waals surface area contributed by atoms with Crippen molar-refractivity contribution in [2.75, 3.05) is 13.6 Å². The molecule has 0 unspecified atom stereocenters. The molecule has 1 aromatic carbocycles. The molecule has 3 aliphatic carbocycles. The largest absolute Gasteiger partial charge is 0.508 e. The number of aromatic hydroxyl groups is 1. The van der Waals surface area contributed by atoms with Crippen LogP contribution in [0.15, 0.2) is 12.1 Å². The molecule has 4 atom stereocenters. The minimum atomic E-state index is -1.35. The van der Waals surface area contributed by atoms with Crippen molar-refractivity contribution in [1.29, 1.82) is 0 Å². The molecule has 5 heteroatoms. The number of aliphatic hydroxyl groups is 2. The Hall–Kier alpha value is -1.43. The number of phenolic OH excluding ortho intramolecular Hbond substituents is 1. The molecule has 5 rings (SSSR count). The van der Waals surface area contributed by atoms with Crippen LogP contribution < -0.4 is 0 Å². The van der Waals surface area contributed by atoms with Gasteiger partial charge in [0.25, 0.3) is 0 Å². The second-order valence-electron chi connectivity index (χ2n) is 7.82. The first kappa shape index (κ1) is 14.0. The molecule has 1 spiro atoms. The number of rotatable bonds is 0. The van der Waals surface area contributed by atoms with Crippen LogP contribution in [0.4, 0.5) is 0 Å². The van der Waals surface area contributed by atoms with Crippen molar-refractivity contribution >= 4 is 5.78 Å². The molecule has 0 aromatic heterocycles. The van der Waals surface area contributed by atoms with Gasteiger partial charge in [-0.25, -0.2) is 0 Å². The zero-order chi connectivity index (χ0) is 16.2. The summed E-state index contributed by atoms with van der Waals surface area (Å²) in [4.78, 5) is 14.5. The number of carbonyl (C=O) groups excluding carboxylic acids is 1. The molecular formula is C18H21NO4. The number of phenols is 1. The van der Waals surface area contributed by atoms with Crippen LogP contribution in [0.1, 0.15) is 36.0 Å². The number of likely N-dealkylation sites (N-methyl/N-ethyl adjacent to an activating group) is 1. The summed E-state index contributed by atoms with van der Waals surface area (Å²) in [5.74, 6) is 0.0425. The fourth-order valence-corrected chi connectivity index (χ4v) is 6.19. The number of Topliss-reactive ketones (excluding diaryl/α,β-unsaturated/α-hetero) is 1. The Bertz CT molecular complexity index is 762. The van der Waals surface area contributed by atoms with Crippen LogP contribution >= 0.6 is 0 Å². The Morgan fingerprint density at radius 3 is 2.83 bits per heavy atom. The van der Waals surface area contributed by atoms with Gasteiger partial charge in [-0.2, -0.15) is 0 Å². The lowest BCUT2D eigenvalue weighted by molar-refractivity contribution is -0.298. The summed E-state index contributed by atoms with van der Waals surface area (Å²) in [6.07, 6.45) is 2.05. The molecule has 0 radical (unpaired) electrons. The summed E-state index contributed by atoms with van der Waals surface area (Å²) >= 11 is 0. The highest BCUT2D eigenvalue weighted by molar-refractivity contribution is 5.87. The van der Waals surface area contributed by atoms with Gasteiger partial charge in [0.2, 0.25) is 0 Å². The number of nitrogens with zero attached hydrogens (tertiary/aromatic N) is 1. The molecule has 122 valence electrons. The van der Waals surface area contributed by atoms with Crippen LogP contribution in [0.5, 0.6) is 5.75 Å². The van der Waals surface area contributed by atoms with Gasteiger partial charge >= 0.3 is 0 Å². The van der Waals surface area contributed by atoms with E-state index in [4.69, 9.17) is 0 Å². The predicted octanol–water partition coefficient (Wildman–Crippen LogP) is 0.476. The van der Waals surface area contributed by atoms with E-state index in [1.807, 2.05) is 18.0 Å². The SMILES string of the molecule is CN1CC[C@]23c4c5ccc(O)c4C[C@H]2C(=O)CC[C@@]3(O)[C@@]1(O)C5. The highest BCUT2D eigenvalue weighted by Gasteiger charge is 2.75. The summed E-state index contributed by atoms with van der Waals surface area (Å²) < 4.78 is 0. The molecule has 4 aliphatic rings. The van der Waals surface area contributed by atoms with Gasteiger partial charge in [-0.15, -0.1) is 0 Å². The van der Waals surface area contributed by atoms with Gasteiger partial charge in [-0.05, 0) is 49.1 Å². The average molecular weight is 315 g/mol. The normalized spacial score (nSPS) is 44.3. The molecule has 1 heterocycles. The Labute approximate surface area is 134 Å². The maximum Gasteiger partial charge on any atom is 0.152 e. The van der Waals surface area contributed by atoms with Crippen LogP contribution in [0.25, 0.3) is 0 Å². The highest BCUT2D eigenvalue weighted by Crippen LogP contribution is 2.67. The molecule has 2 fully saturated rings. The first-order chi connectivity index (χ1) is 10.8. The summed E-state index contributed by atoms with van der Waals surface area (Å²) in [6, 6.07) is 3.51. The third kappa shape index (κ3) is 1.21. The van der Waals surface area contributed by atoms with Gasteiger partial charge in [-0.3, -0.25) is 9.69 Å². The van der Waals surface area contributed by atoms with Crippen LogP contribution in [0.2, 0.25) is 0 Å². The van der Waals surface area contributed by atoms with Gasteiger partial charge in [0.15, 0.2) is 5.72 Å². The Balaban J connectivity index is 1.91. The number of hydrogen-bond acceptors (Lipinski definition) is 5. The summed E-state index contributed by atoms with van der Waals surface area (Å²) in [6.45, 7) is 0.636. The van der Waals surface area contributed by atoms with Crippen molar-refractivity contribution in [2.24, 2.45) is 5.92 Å². The third-order valence-corrected chi connectivity index (χ3v) is 7.26. The Morgan fingerprint density at radius 2 is 2.04 bits per heavy atom. The lowest BCUT2D eigenvalue weighted by Gasteiger charge is -2.67. The van der Waals surface area contributed by atoms with E-state index >= 15 is 0 Å². The molecule has 1 saturated heterocycles. The van der Waals surface area contributed by atoms with Crippen molar-refractivity contribution in [3.63, 3.8) is 0 Å². The number of hydrogen-bond donors (Lipinski definition) is 3. The van der Waals surface area contributed by atoms with Gasteiger partial charge < -0.3 is 15.3 Å². The van der Waals surface area contributed by atoms with E-state index in [0.29, 0.717) is 32.2 Å². The van der Waals surface area contributed by atoms with E-state index in [1.165, 1.54) is 0 Å². The number of likely N-dealkylation sites (tertiary alicyclic amines) is 1. The second kappa shape index (κ2) is 3.79. The fraction of sp³-hybridized carbons (Fsp3) is 0.611. The monoisotopic (exact) mass is 315 g/mol. The van der Waals surface area contributed by atoms with E-state index in [9.17, 15) is 20.1 Å². The molecule has 2 bridgehead atoms. The standard InChI is InChI=1S/C18H21NO4/c1-19-7-6-16-12-8-11-13(20)3-2-10(15(11)16)9-18(19,23)17(16,22)5-4-14(12)21/h2-3,12,20,22-23H,4-9H2,1H3/t12-,16+,17-,18-/m0/s1. The quantitative estimate of drug-likeness (QED) is 0.649. The lowest BCUT2D eigenvalue weighted by atomic mass is 9.46. The van der Waals surface area contributed by atoms with Gasteiger partial charge in [-0.1, -0.05) is 6.07 Å². The van der Waals surface area contributed by atoms with Crippen molar-refractivity contribution in [3.8, 4) is 5.75 Å². The predicted molar refractivity (Wildman–Crippen MR) is 82.1 cm³/mol. The van der Waals surface area contributed by atoms with E-state index < -0.39 is 16.7 Å². The summed E-state index contributed by atoms with van der Waals surface area (Å²) in [7, 11) is 1.84. The summed E-state index contributed by atoms with van der Waals surface area (Å²) in [5, 5.41) is 33.5. The zero-order valence-electron chi connectivity index (χ0n) is 13.2. The number of piperidine rings is 1. The van der Waals surface area contributed by atoms with Gasteiger partial charge in [0, 0.05) is 30.7 Å². The van der Waals surface area contributed by atoms with Crippen LogP contribution in [0.3, 0.4) is 0 Å². The first-order valence-corrected chi connectivity index (χ1v) is 8.38. The molecule has 1 aromatic rings. The van der Waals surface area contributed by atoms with Crippen molar-refractivity contribution < 1.29 is 20.1 Å². The van der Waals surface area contributed by atoms with Crippen LogP contribution in [-0.4, -0.2) is 50.9 Å². The molecule has 1 saturated carbocycles. The van der Waals surface area contributed by atoms with Crippen molar-refractivity contribution in [1.82, 2.24) is 4.90 Å². The smallest absolute Gasteiger partial charge is 0.152 e. The van der Waals surface area contributed by atoms with E-state index in [2.05, 4.69) is 0 Å². The number of ketones is 1. The topological polar surface area (TPSA) is 81.0 Å². The zero-order valence-corrected chi connectivity index (χ0v) is 13.2. The van der Waals surface area contributed by atoms with Gasteiger partial charge in [0.1, 0.15) is 17.1 Å². The molecular weight excluding hydrogens is 294 g/mol. The van der Waals surface area contributed by atoms with Crippen molar-refractivity contribution in [2.45, 2.75) is 48.8 Å². The van der Waals surface area contributed by atoms with E-state index in [0.717, 1.165) is 16.7 Å². The maximum absolute atomic E-state index is 12.7. The average Bonchev–Trinajstić information content (AvgIpc) is 2.87. The molecule has 5 nitrogen and oxygen atoms in total. The van der Waals surface area contributed by atoms with Crippen LogP contribution in [-0.2, 0) is 23.1 Å². The third-order valence-electron chi connectivity index (χ3n) is 7.26. The second-order valence-corrected chi connectivity index (χ2v) is 7.82. The Morgan fingerprint density at radius 1 is 1.26 bits per heavy atom. The van der Waals surface area contributed by atoms with Crippen molar-refractivity contribution in [3.05, 3.63) is 28.8 Å². The number of benzene rings is 1. The minimum Gasteiger partial charge on any atom is -0.508 e. The van der Waals surface area contributed by atoms with E-state index in [1.54, 1.807) is 6.07 Å². The molecule has 1 aliphatic heterocycles. The lowest BCUT2D eigenvalue weighted by Crippen LogP contribution is -2.80. The first-order valence-electron chi connectivity index (χ1n) is 8.38. The van der Waals surface area contributed by atoms with Gasteiger partial charge in [0.05, 0.1) is 0 Å². The molecule has 3 N–H and O–H groups in total. The minimum absolute atomic E-state index is 0.157. The maximum atomic E-state index is 12.7. The molecule has 23 heavy (non-hydrogen) atoms. The van der Waals surface area contributed by atoms with E-state index in [-0.39, 0.29) is 23.9 Å². The highest BCUT2D eigenvalue weighted by atomic mass is 16.4. The Kier molecular flexibility index (Phi) is 2.30. The van der Waals surface area contributed by atoms with Crippen LogP contribution in [0, 0.1) is 5.92 Å². The fourth-order valence-electron chi connectivity index (χ4n) is 6.19. The molecule has 0 amide bonds. The summed E-state index contributed by atoms with van der Waals surface area (Å²) in [5.41, 5.74) is -0.698. The number of carbonyl (C=O) groups is 1.